The van der Waals surface area contributed by atoms with Crippen molar-refractivity contribution in [3.05, 3.63) is 0 Å². The molecular weight excluding hydrogens is 154 g/mol. The molecule has 3 heteroatoms. The number of aliphatic hydroxyl groups is 1. The van der Waals surface area contributed by atoms with Crippen LogP contribution in [-0.4, -0.2) is 35.6 Å². The molecule has 70 valence electrons. The van der Waals surface area contributed by atoms with Gasteiger partial charge in [0.1, 0.15) is 0 Å². The average molecular weight is 171 g/mol. The molecule has 0 aliphatic carbocycles. The van der Waals surface area contributed by atoms with Crippen LogP contribution in [0.3, 0.4) is 0 Å². The van der Waals surface area contributed by atoms with Crippen molar-refractivity contribution in [3.8, 4) is 0 Å². The molecule has 12 heavy (non-hydrogen) atoms. The van der Waals surface area contributed by atoms with E-state index in [1.54, 1.807) is 6.92 Å². The smallest absolute Gasteiger partial charge is 0.219 e. The molecule has 0 spiro atoms. The van der Waals surface area contributed by atoms with Gasteiger partial charge >= 0.3 is 0 Å². The first-order valence-corrected chi connectivity index (χ1v) is 4.60. The summed E-state index contributed by atoms with van der Waals surface area (Å²) in [5, 5.41) is 8.74. The van der Waals surface area contributed by atoms with E-state index in [1.165, 1.54) is 0 Å². The van der Waals surface area contributed by atoms with E-state index in [1.807, 2.05) is 4.90 Å². The van der Waals surface area contributed by atoms with E-state index < -0.39 is 0 Å². The molecule has 0 unspecified atom stereocenters. The number of aliphatic hydroxyl groups excluding tert-OH is 1. The second-order valence-corrected chi connectivity index (χ2v) is 3.49. The number of likely N-dealkylation sites (tertiary alicyclic amines) is 1. The lowest BCUT2D eigenvalue weighted by Crippen LogP contribution is -2.38. The van der Waals surface area contributed by atoms with E-state index in [9.17, 15) is 4.79 Å². The largest absolute Gasteiger partial charge is 0.396 e. The van der Waals surface area contributed by atoms with Gasteiger partial charge in [0.05, 0.1) is 0 Å². The molecule has 1 saturated heterocycles. The molecule has 0 aromatic rings. The predicted octanol–water partition coefficient (Wildman–Crippen LogP) is 0.627. The summed E-state index contributed by atoms with van der Waals surface area (Å²) in [6, 6.07) is 0. The fourth-order valence-electron chi connectivity index (χ4n) is 1.77. The second kappa shape index (κ2) is 4.45. The third-order valence-corrected chi connectivity index (χ3v) is 2.50. The van der Waals surface area contributed by atoms with Gasteiger partial charge in [-0.3, -0.25) is 4.79 Å². The summed E-state index contributed by atoms with van der Waals surface area (Å²) in [7, 11) is 0. The first kappa shape index (κ1) is 9.52. The number of hydrogen-bond acceptors (Lipinski definition) is 2. The van der Waals surface area contributed by atoms with Gasteiger partial charge in [-0.1, -0.05) is 0 Å². The first-order chi connectivity index (χ1) is 5.74. The van der Waals surface area contributed by atoms with Crippen LogP contribution >= 0.6 is 0 Å². The molecule has 1 heterocycles. The zero-order valence-electron chi connectivity index (χ0n) is 7.62. The predicted molar refractivity (Wildman–Crippen MR) is 46.7 cm³/mol. The fraction of sp³-hybridized carbons (Fsp3) is 0.889. The van der Waals surface area contributed by atoms with Crippen molar-refractivity contribution in [1.29, 1.82) is 0 Å². The molecule has 1 rings (SSSR count). The monoisotopic (exact) mass is 171 g/mol. The maximum atomic E-state index is 11.0. The number of piperidine rings is 1. The fourth-order valence-corrected chi connectivity index (χ4v) is 1.77. The van der Waals surface area contributed by atoms with Crippen molar-refractivity contribution < 1.29 is 9.90 Å². The van der Waals surface area contributed by atoms with Gasteiger partial charge in [-0.2, -0.15) is 0 Å². The molecule has 0 aromatic heterocycles. The number of carbonyl (C=O) groups is 1. The topological polar surface area (TPSA) is 40.5 Å². The minimum absolute atomic E-state index is 0.164. The molecule has 0 bridgehead atoms. The van der Waals surface area contributed by atoms with Gasteiger partial charge in [-0.05, 0) is 25.2 Å². The van der Waals surface area contributed by atoms with E-state index >= 15 is 0 Å². The number of carbonyl (C=O) groups excluding carboxylic acids is 1. The Morgan fingerprint density at radius 1 is 1.67 bits per heavy atom. The van der Waals surface area contributed by atoms with Crippen LogP contribution in [0.2, 0.25) is 0 Å². The Bertz CT molecular complexity index is 157. The molecule has 0 saturated carbocycles. The van der Waals surface area contributed by atoms with Crippen LogP contribution in [0.4, 0.5) is 0 Å². The van der Waals surface area contributed by atoms with E-state index in [4.69, 9.17) is 5.11 Å². The molecule has 0 aromatic carbocycles. The minimum Gasteiger partial charge on any atom is -0.396 e. The zero-order valence-corrected chi connectivity index (χ0v) is 7.62. The highest BCUT2D eigenvalue weighted by atomic mass is 16.3. The van der Waals surface area contributed by atoms with Crippen LogP contribution in [-0.2, 0) is 4.79 Å². The molecule has 1 aliphatic heterocycles. The third kappa shape index (κ3) is 2.48. The van der Waals surface area contributed by atoms with Crippen LogP contribution in [0.5, 0.6) is 0 Å². The Morgan fingerprint density at radius 3 is 3.00 bits per heavy atom. The van der Waals surface area contributed by atoms with Crippen molar-refractivity contribution in [2.75, 3.05) is 19.7 Å². The number of nitrogens with zero attached hydrogens (tertiary/aromatic N) is 1. The van der Waals surface area contributed by atoms with E-state index in [0.29, 0.717) is 5.92 Å². The van der Waals surface area contributed by atoms with Crippen molar-refractivity contribution in [2.24, 2.45) is 5.92 Å². The Labute approximate surface area is 73.4 Å². The van der Waals surface area contributed by atoms with Crippen LogP contribution in [0.1, 0.15) is 26.2 Å². The molecule has 3 nitrogen and oxygen atoms in total. The summed E-state index contributed by atoms with van der Waals surface area (Å²) in [6.07, 6.45) is 3.08. The van der Waals surface area contributed by atoms with Crippen LogP contribution in [0.15, 0.2) is 0 Å². The molecular formula is C9H17NO2. The lowest BCUT2D eigenvalue weighted by molar-refractivity contribution is -0.130. The minimum atomic E-state index is 0.164. The van der Waals surface area contributed by atoms with Gasteiger partial charge < -0.3 is 10.0 Å². The van der Waals surface area contributed by atoms with Gasteiger partial charge in [-0.25, -0.2) is 0 Å². The van der Waals surface area contributed by atoms with Crippen molar-refractivity contribution in [2.45, 2.75) is 26.2 Å². The normalized spacial score (nSPS) is 24.2. The molecule has 1 amide bonds. The Hall–Kier alpha value is -0.570. The van der Waals surface area contributed by atoms with Gasteiger partial charge in [0.15, 0.2) is 0 Å². The van der Waals surface area contributed by atoms with E-state index in [0.717, 1.165) is 32.4 Å². The number of rotatable bonds is 2. The molecule has 1 atom stereocenters. The highest BCUT2D eigenvalue weighted by Crippen LogP contribution is 2.18. The highest BCUT2D eigenvalue weighted by Gasteiger charge is 2.20. The zero-order chi connectivity index (χ0) is 8.97. The van der Waals surface area contributed by atoms with Crippen molar-refractivity contribution >= 4 is 5.91 Å². The molecule has 1 fully saturated rings. The Kier molecular flexibility index (Phi) is 3.53. The Morgan fingerprint density at radius 2 is 2.42 bits per heavy atom. The van der Waals surface area contributed by atoms with E-state index in [-0.39, 0.29) is 12.5 Å². The van der Waals surface area contributed by atoms with Crippen LogP contribution < -0.4 is 0 Å². The van der Waals surface area contributed by atoms with Crippen LogP contribution in [0.25, 0.3) is 0 Å². The summed E-state index contributed by atoms with van der Waals surface area (Å²) in [5.41, 5.74) is 0. The second-order valence-electron chi connectivity index (χ2n) is 3.49. The maximum Gasteiger partial charge on any atom is 0.219 e. The van der Waals surface area contributed by atoms with Crippen molar-refractivity contribution in [1.82, 2.24) is 4.90 Å². The summed E-state index contributed by atoms with van der Waals surface area (Å²) in [6.45, 7) is 3.60. The molecule has 1 aliphatic rings. The number of hydrogen-bond donors (Lipinski definition) is 1. The van der Waals surface area contributed by atoms with Gasteiger partial charge in [0.25, 0.3) is 0 Å². The van der Waals surface area contributed by atoms with Crippen molar-refractivity contribution in [3.63, 3.8) is 0 Å². The quantitative estimate of drug-likeness (QED) is 0.662. The summed E-state index contributed by atoms with van der Waals surface area (Å²) >= 11 is 0. The van der Waals surface area contributed by atoms with E-state index in [2.05, 4.69) is 0 Å². The average Bonchev–Trinajstić information content (AvgIpc) is 2.05. The lowest BCUT2D eigenvalue weighted by Gasteiger charge is -2.31. The maximum absolute atomic E-state index is 11.0. The van der Waals surface area contributed by atoms with Gasteiger partial charge in [0, 0.05) is 26.6 Å². The molecule has 0 radical (unpaired) electrons. The SMILES string of the molecule is CC(=O)N1CCC[C@@H](CCO)C1. The van der Waals surface area contributed by atoms with Gasteiger partial charge in [0.2, 0.25) is 5.91 Å². The summed E-state index contributed by atoms with van der Waals surface area (Å²) in [5.74, 6) is 0.685. The standard InChI is InChI=1S/C9H17NO2/c1-8(12)10-5-2-3-9(7-10)4-6-11/h9,11H,2-7H2,1H3/t9-/m0/s1. The lowest BCUT2D eigenvalue weighted by atomic mass is 9.95. The molecule has 1 N–H and O–H groups in total. The highest BCUT2D eigenvalue weighted by molar-refractivity contribution is 5.73. The first-order valence-electron chi connectivity index (χ1n) is 4.60. The third-order valence-electron chi connectivity index (χ3n) is 2.50. The summed E-state index contributed by atoms with van der Waals surface area (Å²) < 4.78 is 0. The summed E-state index contributed by atoms with van der Waals surface area (Å²) in [4.78, 5) is 12.9. The van der Waals surface area contributed by atoms with Gasteiger partial charge in [-0.15, -0.1) is 0 Å². The van der Waals surface area contributed by atoms with Crippen LogP contribution in [0, 0.1) is 5.92 Å². The Balaban J connectivity index is 2.35. The number of amides is 1.